The highest BCUT2D eigenvalue weighted by Gasteiger charge is 3.07. The van der Waals surface area contributed by atoms with Crippen LogP contribution in [0.1, 0.15) is 0 Å². The van der Waals surface area contributed by atoms with E-state index in [2.05, 4.69) is 0 Å². The number of halogens is 18. The fraction of sp³-hybridized carbons (Fsp3) is 1.00. The minimum Gasteiger partial charge on any atom is -0.223 e. The molecular weight excluding hydrogens is 450 g/mol. The van der Waals surface area contributed by atoms with Crippen LogP contribution in [0, 0.1) is 0 Å². The molecule has 0 nitrogen and oxygen atoms in total. The summed E-state index contributed by atoms with van der Waals surface area (Å²) in [6, 6.07) is 0. The molecule has 18 heteroatoms. The maximum Gasteiger partial charge on any atom is 0.460 e. The lowest BCUT2D eigenvalue weighted by molar-refractivity contribution is -0.523. The molecule has 0 aliphatic heterocycles. The molecule has 0 spiro atoms. The van der Waals surface area contributed by atoms with E-state index < -0.39 is 53.3 Å². The Morgan fingerprint density at radius 1 is 0.370 bits per heavy atom. The largest absolute Gasteiger partial charge is 0.460 e. The molecule has 1 aliphatic rings. The molecule has 0 unspecified atom stereocenters. The summed E-state index contributed by atoms with van der Waals surface area (Å²) in [6.07, 6.45) is -7.94. The van der Waals surface area contributed by atoms with Crippen molar-refractivity contribution in [2.45, 2.75) is 53.3 Å². The van der Waals surface area contributed by atoms with E-state index in [1.807, 2.05) is 0 Å². The monoisotopic (exact) mass is 450 g/mol. The maximum atomic E-state index is 13.7. The first-order chi connectivity index (χ1) is 11.2. The van der Waals surface area contributed by atoms with Gasteiger partial charge in [0.05, 0.1) is 0 Å². The van der Waals surface area contributed by atoms with E-state index in [-0.39, 0.29) is 0 Å². The lowest BCUT2D eigenvalue weighted by atomic mass is 9.68. The number of rotatable bonds is 2. The van der Waals surface area contributed by atoms with Crippen molar-refractivity contribution in [2.24, 2.45) is 0 Å². The van der Waals surface area contributed by atoms with Crippen molar-refractivity contribution in [3.05, 3.63) is 0 Å². The first-order valence-electron chi connectivity index (χ1n) is 5.65. The Labute approximate surface area is 134 Å². The zero-order valence-electron chi connectivity index (χ0n) is 11.3. The molecule has 0 radical (unpaired) electrons. The molecule has 0 atom stereocenters. The number of hydrogen-bond acceptors (Lipinski definition) is 0. The summed E-state index contributed by atoms with van der Waals surface area (Å²) in [5, 5.41) is 0. The van der Waals surface area contributed by atoms with Gasteiger partial charge in [0.2, 0.25) is 0 Å². The Hall–Kier alpha value is -1.26. The van der Waals surface area contributed by atoms with Crippen LogP contribution in [0.2, 0.25) is 0 Å². The van der Waals surface area contributed by atoms with Crippen molar-refractivity contribution >= 4 is 0 Å². The van der Waals surface area contributed by atoms with Gasteiger partial charge < -0.3 is 0 Å². The zero-order chi connectivity index (χ0) is 22.5. The lowest BCUT2D eigenvalue weighted by Crippen LogP contribution is -2.89. The Bertz CT molecular complexity index is 577. The van der Waals surface area contributed by atoms with E-state index in [0.29, 0.717) is 0 Å². The lowest BCUT2D eigenvalue weighted by Gasteiger charge is -2.54. The van der Waals surface area contributed by atoms with E-state index in [4.69, 9.17) is 0 Å². The smallest absolute Gasteiger partial charge is 0.223 e. The van der Waals surface area contributed by atoms with Crippen LogP contribution in [-0.2, 0) is 0 Å². The van der Waals surface area contributed by atoms with Gasteiger partial charge in [-0.1, -0.05) is 0 Å². The van der Waals surface area contributed by atoms with Gasteiger partial charge in [-0.3, -0.25) is 0 Å². The van der Waals surface area contributed by atoms with Gasteiger partial charge >= 0.3 is 53.3 Å². The third-order valence-corrected chi connectivity index (χ3v) is 3.63. The summed E-state index contributed by atoms with van der Waals surface area (Å²) in [7, 11) is 0. The molecule has 0 aromatic carbocycles. The van der Waals surface area contributed by atoms with Gasteiger partial charge in [0, 0.05) is 0 Å². The van der Waals surface area contributed by atoms with Crippen molar-refractivity contribution < 1.29 is 79.0 Å². The van der Waals surface area contributed by atoms with Crippen LogP contribution in [0.15, 0.2) is 0 Å². The summed E-state index contributed by atoms with van der Waals surface area (Å²) >= 11 is 0. The maximum absolute atomic E-state index is 13.7. The molecule has 27 heavy (non-hydrogen) atoms. The summed E-state index contributed by atoms with van der Waals surface area (Å²) in [5.41, 5.74) is -8.82. The zero-order valence-corrected chi connectivity index (χ0v) is 11.3. The highest BCUT2D eigenvalue weighted by atomic mass is 19.4. The van der Waals surface area contributed by atoms with Crippen LogP contribution in [0.5, 0.6) is 0 Å². The van der Waals surface area contributed by atoms with Crippen molar-refractivity contribution in [3.8, 4) is 0 Å². The highest BCUT2D eigenvalue weighted by molar-refractivity contribution is 5.31. The summed E-state index contributed by atoms with van der Waals surface area (Å²) in [4.78, 5) is 0. The topological polar surface area (TPSA) is 0 Å². The molecule has 0 aromatic rings. The molecule has 1 rings (SSSR count). The fourth-order valence-electron chi connectivity index (χ4n) is 2.01. The Kier molecular flexibility index (Phi) is 4.41. The molecule has 1 saturated carbocycles. The molecule has 1 aliphatic carbocycles. The predicted molar refractivity (Wildman–Crippen MR) is 44.5 cm³/mol. The van der Waals surface area contributed by atoms with E-state index in [1.54, 1.807) is 0 Å². The van der Waals surface area contributed by atoms with Crippen molar-refractivity contribution in [1.29, 1.82) is 0 Å². The number of hydrogen-bond donors (Lipinski definition) is 0. The third kappa shape index (κ3) is 2.01. The summed E-state index contributed by atoms with van der Waals surface area (Å²) in [5.74, 6) is -58.9. The van der Waals surface area contributed by atoms with Crippen LogP contribution >= 0.6 is 0 Å². The molecule has 0 heterocycles. The third-order valence-electron chi connectivity index (χ3n) is 3.63. The molecule has 162 valence electrons. The Balaban J connectivity index is 4.10. The molecule has 0 bridgehead atoms. The van der Waals surface area contributed by atoms with Gasteiger partial charge in [0.25, 0.3) is 0 Å². The van der Waals surface area contributed by atoms with Crippen LogP contribution in [0.4, 0.5) is 79.0 Å². The van der Waals surface area contributed by atoms with Gasteiger partial charge in [-0.05, 0) is 0 Å². The van der Waals surface area contributed by atoms with Crippen LogP contribution in [0.25, 0.3) is 0 Å². The standard InChI is InChI=1S/C9F18/c10-1(4(15,16)8(23,24)9(25,26)27)2(11,12)5(17,18)7(21,22)6(19,20)3(1,13)14. The van der Waals surface area contributed by atoms with E-state index in [0.717, 1.165) is 0 Å². The van der Waals surface area contributed by atoms with Gasteiger partial charge in [-0.25, -0.2) is 4.39 Å². The molecule has 0 amide bonds. The second kappa shape index (κ2) is 5.01. The van der Waals surface area contributed by atoms with E-state index in [9.17, 15) is 79.0 Å². The van der Waals surface area contributed by atoms with Gasteiger partial charge in [0.1, 0.15) is 0 Å². The molecule has 0 N–H and O–H groups in total. The second-order valence-corrected chi connectivity index (χ2v) is 5.18. The van der Waals surface area contributed by atoms with Crippen molar-refractivity contribution in [3.63, 3.8) is 0 Å². The van der Waals surface area contributed by atoms with Gasteiger partial charge in [0.15, 0.2) is 0 Å². The predicted octanol–water partition coefficient (Wildman–Crippen LogP) is 5.72. The SMILES string of the molecule is FC(F)(F)C(F)(F)C(F)(F)C1(F)C(F)(F)C(F)(F)C(F)(F)C(F)(F)C1(F)F. The Morgan fingerprint density at radius 3 is 0.815 bits per heavy atom. The van der Waals surface area contributed by atoms with Crippen LogP contribution in [0.3, 0.4) is 0 Å². The summed E-state index contributed by atoms with van der Waals surface area (Å²) < 4.78 is 231. The first kappa shape index (κ1) is 23.8. The number of alkyl halides is 18. The summed E-state index contributed by atoms with van der Waals surface area (Å²) in [6.45, 7) is 0. The first-order valence-corrected chi connectivity index (χ1v) is 5.65. The molecule has 1 fully saturated rings. The van der Waals surface area contributed by atoms with E-state index in [1.165, 1.54) is 0 Å². The van der Waals surface area contributed by atoms with Gasteiger partial charge in [-0.2, -0.15) is 74.6 Å². The van der Waals surface area contributed by atoms with Crippen LogP contribution < -0.4 is 0 Å². The average molecular weight is 450 g/mol. The van der Waals surface area contributed by atoms with Gasteiger partial charge in [-0.15, -0.1) is 0 Å². The Morgan fingerprint density at radius 2 is 0.593 bits per heavy atom. The molecule has 0 saturated heterocycles. The van der Waals surface area contributed by atoms with Crippen molar-refractivity contribution in [2.75, 3.05) is 0 Å². The molecular formula is C9F18. The second-order valence-electron chi connectivity index (χ2n) is 5.18. The quantitative estimate of drug-likeness (QED) is 0.473. The van der Waals surface area contributed by atoms with Crippen molar-refractivity contribution in [1.82, 2.24) is 0 Å². The van der Waals surface area contributed by atoms with Crippen LogP contribution in [-0.4, -0.2) is 53.3 Å². The normalized spacial score (nSPS) is 28.7. The molecule has 0 aromatic heterocycles. The van der Waals surface area contributed by atoms with E-state index >= 15 is 0 Å². The minimum absolute atomic E-state index is 7.94. The average Bonchev–Trinajstić information content (AvgIpc) is 2.42. The fourth-order valence-corrected chi connectivity index (χ4v) is 2.01. The minimum atomic E-state index is -8.82. The highest BCUT2D eigenvalue weighted by Crippen LogP contribution is 2.74.